The number of carbonyl (C=O) groups excluding carboxylic acids is 1. The number of hydroxylamine groups is 2. The Kier molecular flexibility index (Phi) is 6.08. The molecule has 1 amide bonds. The van der Waals surface area contributed by atoms with Crippen LogP contribution in [0.1, 0.15) is 24.8 Å². The van der Waals surface area contributed by atoms with Crippen molar-refractivity contribution in [2.24, 2.45) is 0 Å². The topological polar surface area (TPSA) is 68.5 Å². The summed E-state index contributed by atoms with van der Waals surface area (Å²) in [5.41, 5.74) is 0.588. The fourth-order valence-electron chi connectivity index (χ4n) is 2.00. The number of alkyl halides is 6. The average Bonchev–Trinajstić information content (AvgIpc) is 3.04. The Morgan fingerprint density at radius 2 is 1.78 bits per heavy atom. The van der Waals surface area contributed by atoms with E-state index in [1.165, 1.54) is 31.2 Å². The summed E-state index contributed by atoms with van der Waals surface area (Å²) < 4.78 is 78.6. The zero-order valence-corrected chi connectivity index (χ0v) is 13.8. The molecule has 0 atom stereocenters. The van der Waals surface area contributed by atoms with E-state index >= 15 is 0 Å². The number of aromatic nitrogens is 2. The van der Waals surface area contributed by atoms with Crippen LogP contribution in [0.2, 0.25) is 0 Å². The second kappa shape index (κ2) is 7.94. The number of hydrogen-bond acceptors (Lipinski definition) is 5. The molecule has 6 nitrogen and oxygen atoms in total. The second-order valence-corrected chi connectivity index (χ2v) is 5.26. The summed E-state index contributed by atoms with van der Waals surface area (Å²) >= 11 is 0. The lowest BCUT2D eigenvalue weighted by molar-refractivity contribution is -0.204. The molecule has 1 aromatic carbocycles. The molecule has 27 heavy (non-hydrogen) atoms. The highest BCUT2D eigenvalue weighted by molar-refractivity contribution is 5.75. The van der Waals surface area contributed by atoms with E-state index in [1.807, 2.05) is 0 Å². The van der Waals surface area contributed by atoms with Crippen LogP contribution >= 0.6 is 0 Å². The van der Waals surface area contributed by atoms with E-state index in [1.54, 1.807) is 0 Å². The van der Waals surface area contributed by atoms with Crippen LogP contribution in [-0.4, -0.2) is 33.9 Å². The van der Waals surface area contributed by atoms with Gasteiger partial charge in [0, 0.05) is 5.56 Å². The molecule has 0 fully saturated rings. The number of amides is 1. The van der Waals surface area contributed by atoms with Crippen LogP contribution in [-0.2, 0) is 22.4 Å². The average molecular weight is 397 g/mol. The number of hydrogen-bond donors (Lipinski definition) is 0. The zero-order valence-electron chi connectivity index (χ0n) is 13.8. The fourth-order valence-corrected chi connectivity index (χ4v) is 2.00. The van der Waals surface area contributed by atoms with Crippen molar-refractivity contribution in [3.8, 4) is 11.4 Å². The molecule has 0 aliphatic rings. The number of rotatable bonds is 6. The first kappa shape index (κ1) is 20.7. The van der Waals surface area contributed by atoms with Gasteiger partial charge < -0.3 is 4.52 Å². The molecule has 1 aromatic heterocycles. The van der Waals surface area contributed by atoms with E-state index < -0.39 is 30.6 Å². The molecular formula is C15H13F6N3O3. The van der Waals surface area contributed by atoms with E-state index in [9.17, 15) is 31.1 Å². The van der Waals surface area contributed by atoms with Gasteiger partial charge in [-0.2, -0.15) is 31.3 Å². The Balaban J connectivity index is 2.11. The second-order valence-electron chi connectivity index (χ2n) is 5.26. The van der Waals surface area contributed by atoms with Gasteiger partial charge in [-0.1, -0.05) is 29.4 Å². The summed E-state index contributed by atoms with van der Waals surface area (Å²) in [6.07, 6.45) is -11.1. The molecule has 1 heterocycles. The van der Waals surface area contributed by atoms with Gasteiger partial charge in [0.15, 0.2) is 0 Å². The quantitative estimate of drug-likeness (QED) is 0.545. The van der Waals surface area contributed by atoms with Crippen molar-refractivity contribution < 1.29 is 40.5 Å². The van der Waals surface area contributed by atoms with E-state index in [2.05, 4.69) is 14.7 Å². The third-order valence-electron chi connectivity index (χ3n) is 3.12. The summed E-state index contributed by atoms with van der Waals surface area (Å²) in [6, 6.07) is 5.48. The summed E-state index contributed by atoms with van der Waals surface area (Å²) in [6.45, 7) is 1.21. The van der Waals surface area contributed by atoms with E-state index in [-0.39, 0.29) is 24.5 Å². The first-order chi connectivity index (χ1) is 12.5. The molecule has 2 aromatic rings. The van der Waals surface area contributed by atoms with Gasteiger partial charge in [-0.25, -0.2) is 5.06 Å². The Labute approximate surface area is 148 Å². The van der Waals surface area contributed by atoms with Gasteiger partial charge in [0.1, 0.15) is 6.42 Å². The molecule has 12 heteroatoms. The van der Waals surface area contributed by atoms with Crippen molar-refractivity contribution >= 4 is 5.91 Å². The Hall–Kier alpha value is -2.63. The van der Waals surface area contributed by atoms with E-state index in [0.717, 1.165) is 0 Å². The summed E-state index contributed by atoms with van der Waals surface area (Å²) in [5.74, 6) is -3.06. The smallest absolute Gasteiger partial charge is 0.329 e. The van der Waals surface area contributed by atoms with Gasteiger partial charge in [-0.15, -0.1) is 0 Å². The van der Waals surface area contributed by atoms with Crippen molar-refractivity contribution in [3.63, 3.8) is 0 Å². The Bertz CT molecular complexity index is 770. The van der Waals surface area contributed by atoms with Crippen LogP contribution in [0.4, 0.5) is 26.3 Å². The van der Waals surface area contributed by atoms with Crippen molar-refractivity contribution in [1.29, 1.82) is 0 Å². The van der Waals surface area contributed by atoms with Gasteiger partial charge in [-0.05, 0) is 12.5 Å². The standard InChI is InChI=1S/C15H13F6N3O3/c1-2-26-24(11(25)7-14(16,17)18)8-9-3-5-10(6-4-9)12-22-13(27-23-12)15(19,20)21/h3-6H,2,7-8H2,1H3. The van der Waals surface area contributed by atoms with Crippen LogP contribution in [0.15, 0.2) is 28.8 Å². The van der Waals surface area contributed by atoms with Gasteiger partial charge in [0.25, 0.3) is 5.91 Å². The molecule has 0 bridgehead atoms. The van der Waals surface area contributed by atoms with E-state index in [0.29, 0.717) is 10.6 Å². The minimum absolute atomic E-state index is 0.0231. The number of halogens is 6. The maximum atomic E-state index is 12.5. The van der Waals surface area contributed by atoms with Gasteiger partial charge >= 0.3 is 18.2 Å². The lowest BCUT2D eigenvalue weighted by atomic mass is 10.1. The monoisotopic (exact) mass is 397 g/mol. The summed E-state index contributed by atoms with van der Waals surface area (Å²) in [7, 11) is 0. The van der Waals surface area contributed by atoms with Crippen molar-refractivity contribution in [2.45, 2.75) is 32.2 Å². The molecule has 0 saturated carbocycles. The van der Waals surface area contributed by atoms with Crippen LogP contribution < -0.4 is 0 Å². The fraction of sp³-hybridized carbons (Fsp3) is 0.400. The van der Waals surface area contributed by atoms with Crippen LogP contribution in [0, 0.1) is 0 Å². The van der Waals surface area contributed by atoms with Crippen LogP contribution in [0.25, 0.3) is 11.4 Å². The summed E-state index contributed by atoms with van der Waals surface area (Å²) in [4.78, 5) is 19.8. The predicted octanol–water partition coefficient (Wildman–Crippen LogP) is 3.99. The summed E-state index contributed by atoms with van der Waals surface area (Å²) in [5, 5.41) is 3.80. The number of carbonyl (C=O) groups is 1. The molecule has 148 valence electrons. The van der Waals surface area contributed by atoms with Crippen molar-refractivity contribution in [1.82, 2.24) is 15.2 Å². The number of nitrogens with zero attached hydrogens (tertiary/aromatic N) is 3. The molecule has 0 N–H and O–H groups in total. The first-order valence-electron chi connectivity index (χ1n) is 7.50. The molecule has 0 spiro atoms. The minimum Gasteiger partial charge on any atom is -0.329 e. The third kappa shape index (κ3) is 5.94. The first-order valence-corrected chi connectivity index (χ1v) is 7.50. The lowest BCUT2D eigenvalue weighted by Crippen LogP contribution is -2.34. The minimum atomic E-state index is -4.78. The Morgan fingerprint density at radius 3 is 2.26 bits per heavy atom. The van der Waals surface area contributed by atoms with Crippen LogP contribution in [0.5, 0.6) is 0 Å². The van der Waals surface area contributed by atoms with Crippen molar-refractivity contribution in [2.75, 3.05) is 6.61 Å². The third-order valence-corrected chi connectivity index (χ3v) is 3.12. The van der Waals surface area contributed by atoms with Gasteiger partial charge in [0.05, 0.1) is 13.2 Å². The molecule has 0 aliphatic carbocycles. The maximum absolute atomic E-state index is 12.5. The maximum Gasteiger partial charge on any atom is 0.471 e. The van der Waals surface area contributed by atoms with Gasteiger partial charge in [-0.3, -0.25) is 9.63 Å². The molecule has 0 unspecified atom stereocenters. The van der Waals surface area contributed by atoms with E-state index in [4.69, 9.17) is 4.84 Å². The SMILES string of the molecule is CCON(Cc1ccc(-c2noc(C(F)(F)F)n2)cc1)C(=O)CC(F)(F)F. The highest BCUT2D eigenvalue weighted by atomic mass is 19.4. The molecule has 0 saturated heterocycles. The highest BCUT2D eigenvalue weighted by Crippen LogP contribution is 2.29. The zero-order chi connectivity index (χ0) is 20.2. The molecule has 2 rings (SSSR count). The van der Waals surface area contributed by atoms with Gasteiger partial charge in [0.2, 0.25) is 5.82 Å². The largest absolute Gasteiger partial charge is 0.471 e. The number of benzene rings is 1. The molecular weight excluding hydrogens is 384 g/mol. The normalized spacial score (nSPS) is 12.3. The molecule has 0 aliphatic heterocycles. The lowest BCUT2D eigenvalue weighted by Gasteiger charge is -2.22. The highest BCUT2D eigenvalue weighted by Gasteiger charge is 2.38. The Morgan fingerprint density at radius 1 is 1.15 bits per heavy atom. The van der Waals surface area contributed by atoms with Crippen LogP contribution in [0.3, 0.4) is 0 Å². The van der Waals surface area contributed by atoms with Crippen molar-refractivity contribution in [3.05, 3.63) is 35.7 Å². The molecule has 0 radical (unpaired) electrons. The predicted molar refractivity (Wildman–Crippen MR) is 77.6 cm³/mol.